The van der Waals surface area contributed by atoms with E-state index in [1.165, 1.54) is 0 Å². The molecule has 0 amide bonds. The first-order valence-corrected chi connectivity index (χ1v) is 13.5. The van der Waals surface area contributed by atoms with E-state index in [0.717, 1.165) is 12.0 Å². The van der Waals surface area contributed by atoms with E-state index in [9.17, 15) is 13.2 Å². The van der Waals surface area contributed by atoms with E-state index in [2.05, 4.69) is 0 Å². The second-order valence-electron chi connectivity index (χ2n) is 10.1. The zero-order chi connectivity index (χ0) is 21.2. The third-order valence-corrected chi connectivity index (χ3v) is 8.09. The van der Waals surface area contributed by atoms with Crippen LogP contribution in [-0.2, 0) is 4.43 Å². The minimum absolute atomic E-state index is 0.220. The summed E-state index contributed by atoms with van der Waals surface area (Å²) in [6.45, 7) is 13.1. The molecular weight excluding hydrogens is 379 g/mol. The van der Waals surface area contributed by atoms with Crippen molar-refractivity contribution in [2.45, 2.75) is 78.0 Å². The standard InChI is InChI=1S/C22H32F3NOSi/c1-15(16-11-9-8-10-12-16)26-18-17-13-14-20(4,19(17,2)3)21(18,22(23,24)25)27-28(5,6)7/h8-12,15,17H,13-14H2,1-7H3/t15-,17-,20-,21-/m1/s1. The molecule has 2 aliphatic rings. The van der Waals surface area contributed by atoms with Crippen LogP contribution < -0.4 is 0 Å². The van der Waals surface area contributed by atoms with Crippen LogP contribution in [0.2, 0.25) is 19.6 Å². The van der Waals surface area contributed by atoms with E-state index >= 15 is 0 Å². The van der Waals surface area contributed by atoms with Crippen molar-refractivity contribution < 1.29 is 17.6 Å². The number of alkyl halides is 3. The van der Waals surface area contributed by atoms with E-state index in [1.807, 2.05) is 70.7 Å². The maximum absolute atomic E-state index is 14.9. The first kappa shape index (κ1) is 21.6. The van der Waals surface area contributed by atoms with Crippen LogP contribution in [0.5, 0.6) is 0 Å². The van der Waals surface area contributed by atoms with Crippen molar-refractivity contribution in [1.82, 2.24) is 0 Å². The van der Waals surface area contributed by atoms with Crippen molar-refractivity contribution in [3.8, 4) is 0 Å². The lowest BCUT2D eigenvalue weighted by molar-refractivity contribution is -0.266. The Balaban J connectivity index is 2.25. The van der Waals surface area contributed by atoms with Gasteiger partial charge in [0.2, 0.25) is 0 Å². The highest BCUT2D eigenvalue weighted by molar-refractivity contribution is 6.70. The molecule has 1 aromatic rings. The van der Waals surface area contributed by atoms with E-state index in [0.29, 0.717) is 6.42 Å². The number of benzene rings is 1. The molecule has 0 aromatic heterocycles. The average Bonchev–Trinajstić information content (AvgIpc) is 2.86. The fourth-order valence-electron chi connectivity index (χ4n) is 5.47. The van der Waals surface area contributed by atoms with Crippen molar-refractivity contribution in [1.29, 1.82) is 0 Å². The molecule has 4 atom stereocenters. The first-order chi connectivity index (χ1) is 12.7. The lowest BCUT2D eigenvalue weighted by Crippen LogP contribution is -2.66. The second kappa shape index (κ2) is 6.43. The molecule has 156 valence electrons. The zero-order valence-electron chi connectivity index (χ0n) is 17.9. The zero-order valence-corrected chi connectivity index (χ0v) is 18.9. The number of hydrogen-bond acceptors (Lipinski definition) is 2. The van der Waals surface area contributed by atoms with Crippen molar-refractivity contribution in [3.63, 3.8) is 0 Å². The summed E-state index contributed by atoms with van der Waals surface area (Å²) < 4.78 is 50.9. The average molecular weight is 412 g/mol. The Labute approximate surface area is 167 Å². The van der Waals surface area contributed by atoms with Gasteiger partial charge in [0, 0.05) is 11.3 Å². The molecule has 2 bridgehead atoms. The molecule has 2 fully saturated rings. The summed E-state index contributed by atoms with van der Waals surface area (Å²) in [6, 6.07) is 9.19. The number of halogens is 3. The number of hydrogen-bond donors (Lipinski definition) is 0. The SMILES string of the molecule is C[C@@H](N=C1[C@H]2CC[C@](C)(C2(C)C)[C@@]1(O[Si](C)(C)C)C(F)(F)F)c1ccccc1. The molecule has 2 saturated carbocycles. The summed E-state index contributed by atoms with van der Waals surface area (Å²) in [6.07, 6.45) is -3.27. The Morgan fingerprint density at radius 3 is 2.18 bits per heavy atom. The van der Waals surface area contributed by atoms with Gasteiger partial charge in [0.25, 0.3) is 0 Å². The molecule has 0 spiro atoms. The van der Waals surface area contributed by atoms with Gasteiger partial charge in [0.15, 0.2) is 13.9 Å². The van der Waals surface area contributed by atoms with Crippen molar-refractivity contribution in [2.24, 2.45) is 21.7 Å². The Bertz CT molecular complexity index is 768. The Morgan fingerprint density at radius 2 is 1.68 bits per heavy atom. The van der Waals surface area contributed by atoms with Gasteiger partial charge in [-0.2, -0.15) is 13.2 Å². The number of nitrogens with zero attached hydrogens (tertiary/aromatic N) is 1. The monoisotopic (exact) mass is 411 g/mol. The Hall–Kier alpha value is -1.14. The van der Waals surface area contributed by atoms with Crippen molar-refractivity contribution >= 4 is 14.0 Å². The Morgan fingerprint density at radius 1 is 1.11 bits per heavy atom. The van der Waals surface area contributed by atoms with Gasteiger partial charge in [-0.15, -0.1) is 0 Å². The number of fused-ring (bicyclic) bond motifs is 2. The molecule has 0 N–H and O–H groups in total. The van der Waals surface area contributed by atoms with Gasteiger partial charge in [-0.1, -0.05) is 51.1 Å². The molecule has 3 rings (SSSR count). The first-order valence-electron chi connectivity index (χ1n) is 10.1. The van der Waals surface area contributed by atoms with Gasteiger partial charge in [-0.25, -0.2) is 0 Å². The second-order valence-corrected chi connectivity index (χ2v) is 14.6. The van der Waals surface area contributed by atoms with Crippen molar-refractivity contribution in [2.75, 3.05) is 0 Å². The summed E-state index contributed by atoms with van der Waals surface area (Å²) in [5.41, 5.74) is -2.72. The summed E-state index contributed by atoms with van der Waals surface area (Å²) in [5, 5.41) is 0. The fraction of sp³-hybridized carbons (Fsp3) is 0.682. The molecule has 0 saturated heterocycles. The molecule has 6 heteroatoms. The third-order valence-electron chi connectivity index (χ3n) is 7.17. The largest absolute Gasteiger partial charge is 0.422 e. The molecule has 28 heavy (non-hydrogen) atoms. The maximum atomic E-state index is 14.9. The summed E-state index contributed by atoms with van der Waals surface area (Å²) in [4.78, 5) is 4.77. The van der Waals surface area contributed by atoms with Gasteiger partial charge < -0.3 is 4.43 Å². The van der Waals surface area contributed by atoms with Gasteiger partial charge >= 0.3 is 6.18 Å². The van der Waals surface area contributed by atoms with E-state index < -0.39 is 30.9 Å². The highest BCUT2D eigenvalue weighted by atomic mass is 28.4. The van der Waals surface area contributed by atoms with Crippen LogP contribution in [0.4, 0.5) is 13.2 Å². The van der Waals surface area contributed by atoms with Gasteiger partial charge in [-0.05, 0) is 50.4 Å². The Kier molecular flexibility index (Phi) is 4.95. The maximum Gasteiger partial charge on any atom is 0.422 e. The topological polar surface area (TPSA) is 21.6 Å². The van der Waals surface area contributed by atoms with Crippen molar-refractivity contribution in [3.05, 3.63) is 35.9 Å². The quantitative estimate of drug-likeness (QED) is 0.499. The highest BCUT2D eigenvalue weighted by Gasteiger charge is 2.82. The van der Waals surface area contributed by atoms with Gasteiger partial charge in [-0.3, -0.25) is 4.99 Å². The lowest BCUT2D eigenvalue weighted by Gasteiger charge is -2.51. The van der Waals surface area contributed by atoms with Crippen LogP contribution in [0.15, 0.2) is 35.3 Å². The van der Waals surface area contributed by atoms with Crippen LogP contribution >= 0.6 is 0 Å². The number of rotatable bonds is 4. The van der Waals surface area contributed by atoms with E-state index in [-0.39, 0.29) is 17.7 Å². The molecule has 2 nitrogen and oxygen atoms in total. The predicted molar refractivity (Wildman–Crippen MR) is 110 cm³/mol. The molecule has 0 aliphatic heterocycles. The molecular formula is C22H32F3NOSi. The summed E-state index contributed by atoms with van der Waals surface area (Å²) >= 11 is 0. The summed E-state index contributed by atoms with van der Waals surface area (Å²) in [5.74, 6) is -0.221. The van der Waals surface area contributed by atoms with Crippen LogP contribution in [0.1, 0.15) is 52.1 Å². The van der Waals surface area contributed by atoms with Crippen LogP contribution in [0.3, 0.4) is 0 Å². The van der Waals surface area contributed by atoms with Gasteiger partial charge in [0.05, 0.1) is 11.8 Å². The normalized spacial score (nSPS) is 34.8. The molecule has 1 aromatic carbocycles. The predicted octanol–water partition coefficient (Wildman–Crippen LogP) is 6.80. The summed E-state index contributed by atoms with van der Waals surface area (Å²) in [7, 11) is -2.52. The van der Waals surface area contributed by atoms with Crippen LogP contribution in [0, 0.1) is 16.7 Å². The van der Waals surface area contributed by atoms with Gasteiger partial charge in [0.1, 0.15) is 0 Å². The van der Waals surface area contributed by atoms with Crippen LogP contribution in [0.25, 0.3) is 0 Å². The van der Waals surface area contributed by atoms with E-state index in [4.69, 9.17) is 9.42 Å². The fourth-order valence-corrected chi connectivity index (χ4v) is 6.84. The van der Waals surface area contributed by atoms with E-state index in [1.54, 1.807) is 6.92 Å². The molecule has 0 unspecified atom stereocenters. The minimum atomic E-state index is -4.51. The number of aliphatic imine (C=N–C) groups is 1. The third kappa shape index (κ3) is 2.90. The lowest BCUT2D eigenvalue weighted by atomic mass is 9.64. The smallest absolute Gasteiger partial charge is 0.399 e. The molecule has 0 heterocycles. The van der Waals surface area contributed by atoms with Crippen LogP contribution in [-0.4, -0.2) is 25.8 Å². The minimum Gasteiger partial charge on any atom is -0.399 e. The molecule has 0 radical (unpaired) electrons. The molecule has 2 aliphatic carbocycles. The highest BCUT2D eigenvalue weighted by Crippen LogP contribution is 2.73.